The van der Waals surface area contributed by atoms with Gasteiger partial charge in [-0.05, 0) is 42.5 Å². The number of hydrogen-bond acceptors (Lipinski definition) is 3. The number of halogens is 1. The van der Waals surface area contributed by atoms with Gasteiger partial charge in [-0.25, -0.2) is 4.98 Å². The summed E-state index contributed by atoms with van der Waals surface area (Å²) in [7, 11) is 0. The molecule has 0 saturated heterocycles. The highest BCUT2D eigenvalue weighted by molar-refractivity contribution is 7.98. The van der Waals surface area contributed by atoms with Crippen molar-refractivity contribution in [2.45, 2.75) is 30.0 Å². The van der Waals surface area contributed by atoms with E-state index < -0.39 is 0 Å². The summed E-state index contributed by atoms with van der Waals surface area (Å²) in [5.41, 5.74) is 4.15. The van der Waals surface area contributed by atoms with Gasteiger partial charge >= 0.3 is 0 Å². The summed E-state index contributed by atoms with van der Waals surface area (Å²) < 4.78 is 0. The quantitative estimate of drug-likeness (QED) is 0.789. The Kier molecular flexibility index (Phi) is 3.95. The van der Waals surface area contributed by atoms with E-state index in [1.54, 1.807) is 11.8 Å². The molecule has 0 radical (unpaired) electrons. The lowest BCUT2D eigenvalue weighted by molar-refractivity contribution is 0.891. The molecule has 0 aliphatic heterocycles. The molecule has 0 N–H and O–H groups in total. The Bertz CT molecular complexity index is 691. The van der Waals surface area contributed by atoms with E-state index in [1.807, 2.05) is 30.3 Å². The maximum Gasteiger partial charge on any atom is 0.114 e. The lowest BCUT2D eigenvalue weighted by Crippen LogP contribution is -1.95. The van der Waals surface area contributed by atoms with E-state index in [0.717, 1.165) is 46.3 Å². The first-order valence-corrected chi connectivity index (χ1v) is 7.93. The number of benzene rings is 1. The van der Waals surface area contributed by atoms with Crippen LogP contribution in [0.15, 0.2) is 35.4 Å². The van der Waals surface area contributed by atoms with Gasteiger partial charge in [-0.15, -0.1) is 11.8 Å². The van der Waals surface area contributed by atoms with E-state index >= 15 is 0 Å². The molecule has 0 amide bonds. The zero-order valence-electron chi connectivity index (χ0n) is 10.9. The summed E-state index contributed by atoms with van der Waals surface area (Å²) in [4.78, 5) is 4.67. The highest BCUT2D eigenvalue weighted by Gasteiger charge is 2.16. The summed E-state index contributed by atoms with van der Waals surface area (Å²) in [5.74, 6) is 0.736. The van der Waals surface area contributed by atoms with Crippen molar-refractivity contribution in [3.8, 4) is 6.07 Å². The van der Waals surface area contributed by atoms with Crippen LogP contribution in [0, 0.1) is 11.3 Å². The average Bonchev–Trinajstić information content (AvgIpc) is 2.92. The SMILES string of the molecule is N#Cc1cc2c(nc1SCc1ccccc1Cl)CCC2. The molecule has 2 nitrogen and oxygen atoms in total. The van der Waals surface area contributed by atoms with Gasteiger partial charge in [-0.3, -0.25) is 0 Å². The summed E-state index contributed by atoms with van der Waals surface area (Å²) in [6.07, 6.45) is 3.22. The highest BCUT2D eigenvalue weighted by Crippen LogP contribution is 2.31. The van der Waals surface area contributed by atoms with Crippen LogP contribution in [0.3, 0.4) is 0 Å². The Labute approximate surface area is 127 Å². The maximum atomic E-state index is 9.27. The second-order valence-corrected chi connectivity index (χ2v) is 6.16. The van der Waals surface area contributed by atoms with Crippen molar-refractivity contribution < 1.29 is 0 Å². The lowest BCUT2D eigenvalue weighted by atomic mass is 10.2. The number of thioether (sulfide) groups is 1. The molecular weight excluding hydrogens is 288 g/mol. The summed E-state index contributed by atoms with van der Waals surface area (Å²) in [5, 5.41) is 10.9. The second-order valence-electron chi connectivity index (χ2n) is 4.79. The minimum atomic E-state index is 0.683. The molecule has 0 unspecified atom stereocenters. The van der Waals surface area contributed by atoms with Crippen molar-refractivity contribution in [1.82, 2.24) is 4.98 Å². The van der Waals surface area contributed by atoms with E-state index in [4.69, 9.17) is 11.6 Å². The fourth-order valence-electron chi connectivity index (χ4n) is 2.40. The molecule has 2 aromatic rings. The van der Waals surface area contributed by atoms with Crippen molar-refractivity contribution in [2.75, 3.05) is 0 Å². The van der Waals surface area contributed by atoms with E-state index in [0.29, 0.717) is 5.56 Å². The Hall–Kier alpha value is -1.50. The Morgan fingerprint density at radius 1 is 1.30 bits per heavy atom. The number of nitrogens with zero attached hydrogens (tertiary/aromatic N) is 2. The molecule has 0 fully saturated rings. The first kappa shape index (κ1) is 13.5. The molecule has 1 aromatic heterocycles. The molecule has 1 aliphatic rings. The molecule has 1 aromatic carbocycles. The van der Waals surface area contributed by atoms with Gasteiger partial charge in [0.05, 0.1) is 5.56 Å². The van der Waals surface area contributed by atoms with Crippen molar-refractivity contribution in [3.05, 3.63) is 57.7 Å². The predicted octanol–water partition coefficient (Wildman–Crippen LogP) is 4.39. The van der Waals surface area contributed by atoms with Crippen molar-refractivity contribution in [2.24, 2.45) is 0 Å². The van der Waals surface area contributed by atoms with Crippen LogP contribution in [-0.2, 0) is 18.6 Å². The Morgan fingerprint density at radius 2 is 2.15 bits per heavy atom. The molecule has 20 heavy (non-hydrogen) atoms. The number of fused-ring (bicyclic) bond motifs is 1. The normalized spacial score (nSPS) is 13.0. The zero-order chi connectivity index (χ0) is 13.9. The zero-order valence-corrected chi connectivity index (χ0v) is 12.5. The number of nitriles is 1. The minimum absolute atomic E-state index is 0.683. The third-order valence-electron chi connectivity index (χ3n) is 3.46. The molecule has 1 aliphatic carbocycles. The number of rotatable bonds is 3. The predicted molar refractivity (Wildman–Crippen MR) is 82.0 cm³/mol. The summed E-state index contributed by atoms with van der Waals surface area (Å²) in [6, 6.07) is 12.1. The van der Waals surface area contributed by atoms with Crippen LogP contribution in [0.2, 0.25) is 5.02 Å². The fraction of sp³-hybridized carbons (Fsp3) is 0.250. The number of pyridine rings is 1. The third-order valence-corrected chi connectivity index (χ3v) is 4.87. The van der Waals surface area contributed by atoms with Crippen molar-refractivity contribution >= 4 is 23.4 Å². The third kappa shape index (κ3) is 2.67. The van der Waals surface area contributed by atoms with Gasteiger partial charge < -0.3 is 0 Å². The number of aromatic nitrogens is 1. The summed E-state index contributed by atoms with van der Waals surface area (Å²) in [6.45, 7) is 0. The molecular formula is C16H13ClN2S. The van der Waals surface area contributed by atoms with Crippen molar-refractivity contribution in [3.63, 3.8) is 0 Å². The molecule has 0 spiro atoms. The van der Waals surface area contributed by atoms with Crippen LogP contribution in [0.25, 0.3) is 0 Å². The van der Waals surface area contributed by atoms with Gasteiger partial charge in [0.2, 0.25) is 0 Å². The lowest BCUT2D eigenvalue weighted by Gasteiger charge is -2.07. The molecule has 1 heterocycles. The smallest absolute Gasteiger partial charge is 0.114 e. The van der Waals surface area contributed by atoms with Gasteiger partial charge in [-0.2, -0.15) is 5.26 Å². The van der Waals surface area contributed by atoms with Gasteiger partial charge in [0.1, 0.15) is 11.1 Å². The minimum Gasteiger partial charge on any atom is -0.245 e. The van der Waals surface area contributed by atoms with E-state index in [2.05, 4.69) is 11.1 Å². The summed E-state index contributed by atoms with van der Waals surface area (Å²) >= 11 is 7.75. The van der Waals surface area contributed by atoms with Gasteiger partial charge in [0, 0.05) is 16.5 Å². The van der Waals surface area contributed by atoms with Crippen LogP contribution < -0.4 is 0 Å². The average molecular weight is 301 g/mol. The highest BCUT2D eigenvalue weighted by atomic mass is 35.5. The number of aryl methyl sites for hydroxylation is 2. The second kappa shape index (κ2) is 5.87. The van der Waals surface area contributed by atoms with Crippen LogP contribution in [0.1, 0.15) is 28.8 Å². The van der Waals surface area contributed by atoms with Gasteiger partial charge in [-0.1, -0.05) is 29.8 Å². The Morgan fingerprint density at radius 3 is 2.95 bits per heavy atom. The Balaban J connectivity index is 1.84. The standard InChI is InChI=1S/C16H13ClN2S/c17-14-6-2-1-4-12(14)10-20-16-13(9-18)8-11-5-3-7-15(11)19-16/h1-2,4,6,8H,3,5,7,10H2. The first-order valence-electron chi connectivity index (χ1n) is 6.57. The topological polar surface area (TPSA) is 36.7 Å². The molecule has 0 atom stereocenters. The molecule has 0 bridgehead atoms. The number of hydrogen-bond donors (Lipinski definition) is 0. The maximum absolute atomic E-state index is 9.27. The largest absolute Gasteiger partial charge is 0.245 e. The molecule has 100 valence electrons. The van der Waals surface area contributed by atoms with Crippen molar-refractivity contribution in [1.29, 1.82) is 5.26 Å². The fourth-order valence-corrected chi connectivity index (χ4v) is 3.67. The van der Waals surface area contributed by atoms with Gasteiger partial charge in [0.15, 0.2) is 0 Å². The van der Waals surface area contributed by atoms with Gasteiger partial charge in [0.25, 0.3) is 0 Å². The monoisotopic (exact) mass is 300 g/mol. The first-order chi connectivity index (χ1) is 9.78. The molecule has 4 heteroatoms. The van der Waals surface area contributed by atoms with E-state index in [-0.39, 0.29) is 0 Å². The van der Waals surface area contributed by atoms with E-state index in [9.17, 15) is 5.26 Å². The van der Waals surface area contributed by atoms with Crippen LogP contribution in [-0.4, -0.2) is 4.98 Å². The van der Waals surface area contributed by atoms with Crippen LogP contribution >= 0.6 is 23.4 Å². The molecule has 3 rings (SSSR count). The van der Waals surface area contributed by atoms with Crippen LogP contribution in [0.4, 0.5) is 0 Å². The van der Waals surface area contributed by atoms with Crippen LogP contribution in [0.5, 0.6) is 0 Å². The van der Waals surface area contributed by atoms with E-state index in [1.165, 1.54) is 5.56 Å². The molecule has 0 saturated carbocycles.